The molecule has 0 aromatic carbocycles. The van der Waals surface area contributed by atoms with Gasteiger partial charge in [0.25, 0.3) is 0 Å². The molecule has 594 valence electrons. The fourth-order valence-corrected chi connectivity index (χ4v) is 13.5. The Hall–Kier alpha value is -18.1. The Morgan fingerprint density at radius 1 is 0.0952 bits per heavy atom. The van der Waals surface area contributed by atoms with Crippen LogP contribution in [0.2, 0.25) is 0 Å². The molecule has 21 aromatic heterocycles. The highest BCUT2D eigenvalue weighted by Gasteiger charge is 2.22. The quantitative estimate of drug-likeness (QED) is 0.0770. The molecule has 21 heterocycles. The van der Waals surface area contributed by atoms with Crippen molar-refractivity contribution in [3.8, 4) is 205 Å². The van der Waals surface area contributed by atoms with Crippen LogP contribution in [0.4, 0.5) is 0 Å². The molecule has 0 radical (unpaired) electrons. The molecule has 0 aliphatic heterocycles. The van der Waals surface area contributed by atoms with Crippen molar-refractivity contribution in [3.63, 3.8) is 0 Å². The highest BCUT2D eigenvalue weighted by atomic mass is 15.1. The van der Waals surface area contributed by atoms with Crippen LogP contribution in [0.5, 0.6) is 0 Å². The topological polar surface area (TPSA) is 309 Å². The zero-order chi connectivity index (χ0) is 84.4. The fourth-order valence-electron chi connectivity index (χ4n) is 13.5. The minimum Gasteiger partial charge on any atom is -0.255 e. The van der Waals surface area contributed by atoms with Crippen LogP contribution in [0.15, 0.2) is 402 Å². The number of aromatic nitrogens is 24. The second-order valence-electron chi connectivity index (χ2n) is 28.0. The fraction of sp³-hybridized carbons (Fsp3) is 0. The summed E-state index contributed by atoms with van der Waals surface area (Å²) in [6.07, 6.45) is 15.8. The Morgan fingerprint density at radius 2 is 0.238 bits per heavy atom. The molecule has 0 aliphatic carbocycles. The minimum absolute atomic E-state index is 0.392. The smallest absolute Gasteiger partial charge is 0.182 e. The van der Waals surface area contributed by atoms with Crippen molar-refractivity contribution < 1.29 is 0 Å². The summed E-state index contributed by atoms with van der Waals surface area (Å²) in [5.74, 6) is 1.63. The van der Waals surface area contributed by atoms with Crippen LogP contribution in [0, 0.1) is 0 Å². The van der Waals surface area contributed by atoms with E-state index < -0.39 is 0 Å². The van der Waals surface area contributed by atoms with Gasteiger partial charge in [-0.1, -0.05) is 109 Å². The molecule has 21 rings (SSSR count). The third-order valence-electron chi connectivity index (χ3n) is 19.5. The van der Waals surface area contributed by atoms with Crippen LogP contribution >= 0.6 is 0 Å². The van der Waals surface area contributed by atoms with E-state index in [9.17, 15) is 0 Å². The summed E-state index contributed by atoms with van der Waals surface area (Å²) in [6.45, 7) is 0. The number of hydrogen-bond acceptors (Lipinski definition) is 24. The lowest BCUT2D eigenvalue weighted by atomic mass is 10.1. The van der Waals surface area contributed by atoms with Crippen LogP contribution < -0.4 is 0 Å². The molecule has 0 spiro atoms. The summed E-state index contributed by atoms with van der Waals surface area (Å²) in [5.41, 5.74) is 23.2. The first kappa shape index (κ1) is 77.8. The number of nitrogens with zero attached hydrogens (tertiary/aromatic N) is 24. The lowest BCUT2D eigenvalue weighted by Crippen LogP contribution is -2.04. The molecule has 0 amide bonds. The minimum atomic E-state index is 0.392. The van der Waals surface area contributed by atoms with Crippen molar-refractivity contribution in [2.24, 2.45) is 0 Å². The van der Waals surface area contributed by atoms with Gasteiger partial charge >= 0.3 is 0 Å². The van der Waals surface area contributed by atoms with Gasteiger partial charge in [0.05, 0.1) is 154 Å². The third kappa shape index (κ3) is 18.4. The summed E-state index contributed by atoms with van der Waals surface area (Å²) in [6, 6.07) is 110. The summed E-state index contributed by atoms with van der Waals surface area (Å²) < 4.78 is 0. The molecular weight excluding hydrogens is 1560 g/mol. The first-order valence-corrected chi connectivity index (χ1v) is 40.1. The second-order valence-corrected chi connectivity index (χ2v) is 28.0. The Balaban J connectivity index is 0.000000123. The molecular formula is C102H66N24. The van der Waals surface area contributed by atoms with E-state index in [1.807, 2.05) is 346 Å². The van der Waals surface area contributed by atoms with E-state index in [-0.39, 0.29) is 0 Å². The molecule has 0 saturated carbocycles. The van der Waals surface area contributed by atoms with Crippen LogP contribution in [-0.4, -0.2) is 120 Å². The maximum absolute atomic E-state index is 5.04. The summed E-state index contributed by atoms with van der Waals surface area (Å²) in [7, 11) is 0. The zero-order valence-electron chi connectivity index (χ0n) is 66.8. The third-order valence-corrected chi connectivity index (χ3v) is 19.5. The van der Waals surface area contributed by atoms with Crippen molar-refractivity contribution in [1.82, 2.24) is 120 Å². The lowest BCUT2D eigenvalue weighted by Gasteiger charge is -2.11. The van der Waals surface area contributed by atoms with Crippen molar-refractivity contribution in [3.05, 3.63) is 402 Å². The van der Waals surface area contributed by atoms with E-state index in [0.29, 0.717) is 97.3 Å². The monoisotopic (exact) mass is 1630 g/mol. The number of hydrogen-bond donors (Lipinski definition) is 0. The van der Waals surface area contributed by atoms with Gasteiger partial charge < -0.3 is 0 Å². The second kappa shape index (κ2) is 37.1. The van der Waals surface area contributed by atoms with Gasteiger partial charge in [-0.25, -0.2) is 74.8 Å². The molecule has 126 heavy (non-hydrogen) atoms. The average molecular weight is 1630 g/mol. The van der Waals surface area contributed by atoms with E-state index in [0.717, 1.165) is 108 Å². The maximum atomic E-state index is 5.04. The lowest BCUT2D eigenvalue weighted by molar-refractivity contribution is 1.03. The van der Waals surface area contributed by atoms with Gasteiger partial charge in [-0.05, 0) is 237 Å². The van der Waals surface area contributed by atoms with Gasteiger partial charge in [0.1, 0.15) is 22.8 Å². The molecule has 0 saturated heterocycles. The summed E-state index contributed by atoms with van der Waals surface area (Å²) >= 11 is 0. The molecule has 0 N–H and O–H groups in total. The molecule has 0 aliphatic rings. The predicted octanol–water partition coefficient (Wildman–Crippen LogP) is 20.5. The Kier molecular flexibility index (Phi) is 22.9. The van der Waals surface area contributed by atoms with Gasteiger partial charge in [-0.3, -0.25) is 44.9 Å². The van der Waals surface area contributed by atoms with E-state index in [1.54, 1.807) is 55.8 Å². The maximum Gasteiger partial charge on any atom is 0.182 e. The molecule has 0 atom stereocenters. The molecule has 0 fully saturated rings. The van der Waals surface area contributed by atoms with Gasteiger partial charge in [-0.15, -0.1) is 0 Å². The van der Waals surface area contributed by atoms with Gasteiger partial charge in [0.2, 0.25) is 0 Å². The van der Waals surface area contributed by atoms with E-state index >= 15 is 0 Å². The Morgan fingerprint density at radius 3 is 0.437 bits per heavy atom. The van der Waals surface area contributed by atoms with Gasteiger partial charge in [0, 0.05) is 61.3 Å². The van der Waals surface area contributed by atoms with Crippen molar-refractivity contribution in [1.29, 1.82) is 0 Å². The molecule has 0 unspecified atom stereocenters. The van der Waals surface area contributed by atoms with Crippen LogP contribution in [0.25, 0.3) is 205 Å². The predicted molar refractivity (Wildman–Crippen MR) is 484 cm³/mol. The molecule has 0 bridgehead atoms. The van der Waals surface area contributed by atoms with Crippen LogP contribution in [-0.2, 0) is 0 Å². The summed E-state index contributed by atoms with van der Waals surface area (Å²) in [4.78, 5) is 114. The van der Waals surface area contributed by atoms with Crippen molar-refractivity contribution in [2.75, 3.05) is 0 Å². The molecule has 21 aromatic rings. The van der Waals surface area contributed by atoms with Gasteiger partial charge in [-0.2, -0.15) is 0 Å². The number of pyridine rings is 19. The highest BCUT2D eigenvalue weighted by molar-refractivity contribution is 5.78. The van der Waals surface area contributed by atoms with Crippen molar-refractivity contribution >= 4 is 0 Å². The SMILES string of the molecule is c1ccc(-c2cccc(-c3cc(-c4cccc(-c5ccccn5)n4)nc(-c4cccc(-c5ccccn5)n4)c3)n2)nc1.c1ccc(-c2cccc(-c3cc(-c4cccc(-c5ccccn5)n4)nc(-c4cccc(-c5ccccn5)n4)n3)n2)nc1.c1ccc(-c2cccc(-c3nc(-c4cccc(-c5ccccn5)n4)nc(-c4cccc(-c5ccccn5)n4)n3)n2)nc1. The Bertz CT molecular complexity index is 5910. The molecule has 24 heteroatoms. The van der Waals surface area contributed by atoms with Gasteiger partial charge in [0.15, 0.2) is 23.3 Å². The zero-order valence-corrected chi connectivity index (χ0v) is 66.8. The average Bonchev–Trinajstić information content (AvgIpc) is 0.792. The highest BCUT2D eigenvalue weighted by Crippen LogP contribution is 2.35. The molecule has 24 nitrogen and oxygen atoms in total. The van der Waals surface area contributed by atoms with E-state index in [1.165, 1.54) is 0 Å². The first-order valence-electron chi connectivity index (χ1n) is 40.1. The Labute approximate surface area is 722 Å². The van der Waals surface area contributed by atoms with E-state index in [2.05, 4.69) is 44.9 Å². The number of rotatable bonds is 18. The van der Waals surface area contributed by atoms with Crippen LogP contribution in [0.3, 0.4) is 0 Å². The first-order chi connectivity index (χ1) is 62.4. The normalized spacial score (nSPS) is 10.9. The van der Waals surface area contributed by atoms with Crippen molar-refractivity contribution in [2.45, 2.75) is 0 Å². The standard InChI is InChI=1S/C35H23N7.C34H22N8.C33H21N9/c1-4-19-36-26(10-1)29-14-7-13-25(39-29)24-22-34(32-17-8-15-30(40-32)27-11-2-5-20-37-27)42-35(23-24)33-18-9-16-31(41-33)28-12-3-6-21-38-28;1-4-19-35-23(10-1)26-13-7-16-29(38-26)32-22-33(30-17-8-14-27(39-30)24-11-2-5-20-36-24)42-34(41-32)31-18-9-15-28(40-31)25-12-3-6-21-37-25;1-4-19-34-22(10-1)25-13-7-16-28(37-25)31-40-32(29-17-8-14-26(38-29)23-11-2-5-20-35-23)42-33(41-31)30-18-9-15-27(39-30)24-12-3-6-21-36-24/h1-23H;1-22H;1-21H. The van der Waals surface area contributed by atoms with Crippen LogP contribution in [0.1, 0.15) is 0 Å². The largest absolute Gasteiger partial charge is 0.255 e. The van der Waals surface area contributed by atoms with E-state index in [4.69, 9.17) is 74.8 Å². The summed E-state index contributed by atoms with van der Waals surface area (Å²) in [5, 5.41) is 0.